The first kappa shape index (κ1) is 12.0. The standard InChI is InChI=1S/C14H13ClN2S/c1-2-9-5-3-4-6-10(9)14-16-12-8-18-7-11(12)13(15)17-14/h3-6H,2,7-8H2,1H3. The van der Waals surface area contributed by atoms with Gasteiger partial charge in [0.2, 0.25) is 0 Å². The number of benzene rings is 1. The van der Waals surface area contributed by atoms with Gasteiger partial charge in [0.15, 0.2) is 5.82 Å². The Kier molecular flexibility index (Phi) is 3.27. The minimum Gasteiger partial charge on any atom is -0.232 e. The molecule has 2 aromatic rings. The highest BCUT2D eigenvalue weighted by molar-refractivity contribution is 7.98. The van der Waals surface area contributed by atoms with Gasteiger partial charge in [0.05, 0.1) is 5.69 Å². The number of hydrogen-bond acceptors (Lipinski definition) is 3. The first-order valence-corrected chi connectivity index (χ1v) is 7.54. The van der Waals surface area contributed by atoms with E-state index < -0.39 is 0 Å². The molecule has 3 rings (SSSR count). The second-order valence-electron chi connectivity index (χ2n) is 4.27. The highest BCUT2D eigenvalue weighted by atomic mass is 35.5. The highest BCUT2D eigenvalue weighted by Gasteiger charge is 2.19. The van der Waals surface area contributed by atoms with E-state index >= 15 is 0 Å². The molecule has 1 aliphatic heterocycles. The summed E-state index contributed by atoms with van der Waals surface area (Å²) < 4.78 is 0. The molecule has 0 unspecified atom stereocenters. The van der Waals surface area contributed by atoms with Crippen LogP contribution in [0.1, 0.15) is 23.7 Å². The maximum Gasteiger partial charge on any atom is 0.161 e. The topological polar surface area (TPSA) is 25.8 Å². The first-order valence-electron chi connectivity index (χ1n) is 6.01. The summed E-state index contributed by atoms with van der Waals surface area (Å²) in [6, 6.07) is 8.26. The lowest BCUT2D eigenvalue weighted by Crippen LogP contribution is -1.99. The lowest BCUT2D eigenvalue weighted by atomic mass is 10.0. The van der Waals surface area contributed by atoms with Crippen LogP contribution >= 0.6 is 23.4 Å². The van der Waals surface area contributed by atoms with Gasteiger partial charge in [-0.15, -0.1) is 0 Å². The van der Waals surface area contributed by atoms with Gasteiger partial charge in [-0.3, -0.25) is 0 Å². The van der Waals surface area contributed by atoms with Crippen LogP contribution in [-0.2, 0) is 17.9 Å². The van der Waals surface area contributed by atoms with E-state index in [9.17, 15) is 0 Å². The molecule has 2 nitrogen and oxygen atoms in total. The molecule has 1 aromatic carbocycles. The van der Waals surface area contributed by atoms with Crippen molar-refractivity contribution in [3.8, 4) is 11.4 Å². The average Bonchev–Trinajstić information content (AvgIpc) is 2.87. The number of halogens is 1. The molecular weight excluding hydrogens is 264 g/mol. The molecule has 2 heterocycles. The van der Waals surface area contributed by atoms with Gasteiger partial charge in [0, 0.05) is 22.6 Å². The molecule has 18 heavy (non-hydrogen) atoms. The minimum absolute atomic E-state index is 0.617. The molecule has 0 spiro atoms. The molecule has 0 atom stereocenters. The van der Waals surface area contributed by atoms with E-state index in [2.05, 4.69) is 29.0 Å². The van der Waals surface area contributed by atoms with Crippen molar-refractivity contribution >= 4 is 23.4 Å². The third-order valence-corrected chi connectivity index (χ3v) is 4.45. The summed E-state index contributed by atoms with van der Waals surface area (Å²) >= 11 is 8.10. The second kappa shape index (κ2) is 4.90. The van der Waals surface area contributed by atoms with E-state index in [1.165, 1.54) is 5.56 Å². The number of aromatic nitrogens is 2. The number of hydrogen-bond donors (Lipinski definition) is 0. The zero-order valence-electron chi connectivity index (χ0n) is 10.1. The van der Waals surface area contributed by atoms with Crippen molar-refractivity contribution in [3.63, 3.8) is 0 Å². The van der Waals surface area contributed by atoms with Crippen molar-refractivity contribution < 1.29 is 0 Å². The summed E-state index contributed by atoms with van der Waals surface area (Å²) in [6.07, 6.45) is 0.975. The number of fused-ring (bicyclic) bond motifs is 1. The predicted octanol–water partition coefficient (Wildman–Crippen LogP) is 4.11. The molecule has 0 fully saturated rings. The van der Waals surface area contributed by atoms with Crippen molar-refractivity contribution in [1.82, 2.24) is 9.97 Å². The van der Waals surface area contributed by atoms with E-state index in [4.69, 9.17) is 11.6 Å². The Labute approximate surface area is 116 Å². The maximum absolute atomic E-state index is 6.26. The van der Waals surface area contributed by atoms with Gasteiger partial charge in [-0.05, 0) is 12.0 Å². The summed E-state index contributed by atoms with van der Waals surface area (Å²) in [5.41, 5.74) is 4.57. The molecule has 0 amide bonds. The van der Waals surface area contributed by atoms with E-state index in [1.807, 2.05) is 23.9 Å². The van der Waals surface area contributed by atoms with Crippen LogP contribution in [0.5, 0.6) is 0 Å². The van der Waals surface area contributed by atoms with Gasteiger partial charge in [0.25, 0.3) is 0 Å². The van der Waals surface area contributed by atoms with Crippen LogP contribution in [0.25, 0.3) is 11.4 Å². The summed E-state index contributed by atoms with van der Waals surface area (Å²) in [5, 5.41) is 0.617. The fraction of sp³-hybridized carbons (Fsp3) is 0.286. The van der Waals surface area contributed by atoms with Gasteiger partial charge in [-0.25, -0.2) is 9.97 Å². The first-order chi connectivity index (χ1) is 8.79. The number of aryl methyl sites for hydroxylation is 1. The Bertz CT molecular complexity index is 598. The summed E-state index contributed by atoms with van der Waals surface area (Å²) in [6.45, 7) is 2.14. The van der Waals surface area contributed by atoms with Crippen molar-refractivity contribution in [2.45, 2.75) is 24.9 Å². The van der Waals surface area contributed by atoms with Crippen molar-refractivity contribution in [3.05, 3.63) is 46.2 Å². The van der Waals surface area contributed by atoms with Gasteiger partial charge >= 0.3 is 0 Å². The smallest absolute Gasteiger partial charge is 0.161 e. The normalized spacial score (nSPS) is 13.7. The van der Waals surface area contributed by atoms with Crippen LogP contribution in [0.2, 0.25) is 5.15 Å². The molecule has 4 heteroatoms. The third kappa shape index (κ3) is 2.02. The molecule has 0 radical (unpaired) electrons. The second-order valence-corrected chi connectivity index (χ2v) is 5.61. The fourth-order valence-electron chi connectivity index (χ4n) is 2.18. The van der Waals surface area contributed by atoms with Crippen molar-refractivity contribution in [2.75, 3.05) is 0 Å². The summed E-state index contributed by atoms with van der Waals surface area (Å²) in [7, 11) is 0. The van der Waals surface area contributed by atoms with Gasteiger partial charge in [0.1, 0.15) is 5.15 Å². The zero-order valence-corrected chi connectivity index (χ0v) is 11.7. The van der Waals surface area contributed by atoms with Crippen molar-refractivity contribution in [1.29, 1.82) is 0 Å². The van der Waals surface area contributed by atoms with Gasteiger partial charge < -0.3 is 0 Å². The Morgan fingerprint density at radius 2 is 2.06 bits per heavy atom. The molecule has 1 aliphatic rings. The Balaban J connectivity index is 2.15. The molecule has 0 aliphatic carbocycles. The average molecular weight is 277 g/mol. The van der Waals surface area contributed by atoms with Crippen LogP contribution in [0, 0.1) is 0 Å². The highest BCUT2D eigenvalue weighted by Crippen LogP contribution is 2.34. The van der Waals surface area contributed by atoms with E-state index in [0.29, 0.717) is 5.15 Å². The lowest BCUT2D eigenvalue weighted by molar-refractivity contribution is 1.06. The fourth-order valence-corrected chi connectivity index (χ4v) is 3.56. The van der Waals surface area contributed by atoms with E-state index in [-0.39, 0.29) is 0 Å². The minimum atomic E-state index is 0.617. The Hall–Kier alpha value is -1.06. The maximum atomic E-state index is 6.26. The van der Waals surface area contributed by atoms with Gasteiger partial charge in [-0.2, -0.15) is 11.8 Å². The molecule has 0 bridgehead atoms. The lowest BCUT2D eigenvalue weighted by Gasteiger charge is -2.08. The van der Waals surface area contributed by atoms with Crippen LogP contribution < -0.4 is 0 Å². The van der Waals surface area contributed by atoms with E-state index in [1.54, 1.807) is 0 Å². The number of rotatable bonds is 2. The molecule has 1 aromatic heterocycles. The third-order valence-electron chi connectivity index (χ3n) is 3.17. The number of thioether (sulfide) groups is 1. The van der Waals surface area contributed by atoms with Crippen LogP contribution in [0.3, 0.4) is 0 Å². The monoisotopic (exact) mass is 276 g/mol. The van der Waals surface area contributed by atoms with Crippen LogP contribution in [0.15, 0.2) is 24.3 Å². The van der Waals surface area contributed by atoms with Gasteiger partial charge in [-0.1, -0.05) is 42.8 Å². The SMILES string of the molecule is CCc1ccccc1-c1nc(Cl)c2c(n1)CSC2. The largest absolute Gasteiger partial charge is 0.232 e. The molecule has 0 N–H and O–H groups in total. The number of nitrogens with zero attached hydrogens (tertiary/aromatic N) is 2. The summed E-state index contributed by atoms with van der Waals surface area (Å²) in [4.78, 5) is 9.14. The predicted molar refractivity (Wildman–Crippen MR) is 76.9 cm³/mol. The van der Waals surface area contributed by atoms with E-state index in [0.717, 1.165) is 40.6 Å². The van der Waals surface area contributed by atoms with Crippen LogP contribution in [-0.4, -0.2) is 9.97 Å². The zero-order chi connectivity index (χ0) is 12.5. The molecule has 92 valence electrons. The van der Waals surface area contributed by atoms with Crippen LogP contribution in [0.4, 0.5) is 0 Å². The molecule has 0 saturated carbocycles. The molecular formula is C14H13ClN2S. The molecule has 0 saturated heterocycles. The van der Waals surface area contributed by atoms with Crippen molar-refractivity contribution in [2.24, 2.45) is 0 Å². The Morgan fingerprint density at radius 3 is 2.89 bits per heavy atom. The quantitative estimate of drug-likeness (QED) is 0.772. The Morgan fingerprint density at radius 1 is 1.22 bits per heavy atom. The summed E-state index contributed by atoms with van der Waals surface area (Å²) in [5.74, 6) is 2.64.